The minimum atomic E-state index is -0.604. The van der Waals surface area contributed by atoms with Gasteiger partial charge in [0.1, 0.15) is 18.9 Å². The van der Waals surface area contributed by atoms with E-state index in [1.165, 1.54) is 42.1 Å². The van der Waals surface area contributed by atoms with Crippen molar-refractivity contribution in [3.05, 3.63) is 124 Å². The molecule has 1 unspecified atom stereocenters. The van der Waals surface area contributed by atoms with Gasteiger partial charge in [0.15, 0.2) is 11.5 Å². The van der Waals surface area contributed by atoms with Crippen molar-refractivity contribution in [2.24, 2.45) is 0 Å². The van der Waals surface area contributed by atoms with Gasteiger partial charge in [-0.3, -0.25) is 24.5 Å². The van der Waals surface area contributed by atoms with E-state index in [1.54, 1.807) is 66.7 Å². The van der Waals surface area contributed by atoms with Crippen molar-refractivity contribution in [1.82, 2.24) is 5.32 Å². The molecule has 0 radical (unpaired) electrons. The highest BCUT2D eigenvalue weighted by molar-refractivity contribution is 8.00. The predicted octanol–water partition coefficient (Wildman–Crippen LogP) is 6.29. The molecule has 234 valence electrons. The Hall–Kier alpha value is -5.62. The van der Waals surface area contributed by atoms with E-state index in [4.69, 9.17) is 9.47 Å². The third kappa shape index (κ3) is 8.30. The van der Waals surface area contributed by atoms with Crippen LogP contribution in [-0.4, -0.2) is 41.1 Å². The number of non-ortho nitro benzene ring substituents is 1. The summed E-state index contributed by atoms with van der Waals surface area (Å²) >= 11 is 1.35. The Morgan fingerprint density at radius 1 is 0.870 bits per heavy atom. The molecular formula is C34H30N4O7S. The van der Waals surface area contributed by atoms with Gasteiger partial charge in [-0.2, -0.15) is 0 Å². The number of carbonyl (C=O) groups is 3. The van der Waals surface area contributed by atoms with Crippen LogP contribution in [0.4, 0.5) is 17.1 Å². The number of anilines is 2. The molecule has 0 fully saturated rings. The number of ether oxygens (including phenoxy) is 2. The van der Waals surface area contributed by atoms with E-state index in [9.17, 15) is 24.5 Å². The molecule has 4 aromatic rings. The summed E-state index contributed by atoms with van der Waals surface area (Å²) in [6.45, 7) is 2.84. The lowest BCUT2D eigenvalue weighted by Gasteiger charge is -2.20. The number of nitrogens with one attached hydrogen (secondary N) is 3. The Bertz CT molecular complexity index is 1780. The SMILES string of the molecule is CCC(Sc1cccc(NC(=O)/C(=C\c2ccc([N+](=O)[O-])cc2)NC(=O)c2ccccc2)c1)C(=O)Nc1ccc2c(c1)OCCO2. The van der Waals surface area contributed by atoms with Crippen LogP contribution in [0.5, 0.6) is 11.5 Å². The molecular weight excluding hydrogens is 608 g/mol. The molecule has 0 saturated heterocycles. The summed E-state index contributed by atoms with van der Waals surface area (Å²) in [6, 6.07) is 26.3. The molecule has 12 heteroatoms. The monoisotopic (exact) mass is 638 g/mol. The lowest BCUT2D eigenvalue weighted by atomic mass is 10.1. The van der Waals surface area contributed by atoms with Crippen LogP contribution < -0.4 is 25.4 Å². The minimum Gasteiger partial charge on any atom is -0.486 e. The van der Waals surface area contributed by atoms with Crippen molar-refractivity contribution in [2.75, 3.05) is 23.8 Å². The normalized spacial score (nSPS) is 12.8. The van der Waals surface area contributed by atoms with Crippen molar-refractivity contribution in [3.8, 4) is 11.5 Å². The second kappa shape index (κ2) is 14.9. The van der Waals surface area contributed by atoms with Gasteiger partial charge in [0.2, 0.25) is 5.91 Å². The molecule has 1 heterocycles. The number of nitrogens with zero attached hydrogens (tertiary/aromatic N) is 1. The Morgan fingerprint density at radius 3 is 2.30 bits per heavy atom. The van der Waals surface area contributed by atoms with Crippen molar-refractivity contribution in [1.29, 1.82) is 0 Å². The Labute approximate surface area is 269 Å². The fraction of sp³-hybridized carbons (Fsp3) is 0.147. The zero-order valence-corrected chi connectivity index (χ0v) is 25.5. The van der Waals surface area contributed by atoms with E-state index in [0.29, 0.717) is 53.6 Å². The molecule has 0 aromatic heterocycles. The summed E-state index contributed by atoms with van der Waals surface area (Å²) in [6.07, 6.45) is 1.99. The lowest BCUT2D eigenvalue weighted by molar-refractivity contribution is -0.384. The van der Waals surface area contributed by atoms with E-state index >= 15 is 0 Å². The van der Waals surface area contributed by atoms with Crippen LogP contribution in [0, 0.1) is 10.1 Å². The van der Waals surface area contributed by atoms with E-state index in [0.717, 1.165) is 4.90 Å². The summed E-state index contributed by atoms with van der Waals surface area (Å²) in [4.78, 5) is 50.9. The molecule has 11 nitrogen and oxygen atoms in total. The first-order valence-electron chi connectivity index (χ1n) is 14.4. The van der Waals surface area contributed by atoms with Gasteiger partial charge in [0.25, 0.3) is 17.5 Å². The Morgan fingerprint density at radius 2 is 1.59 bits per heavy atom. The first-order chi connectivity index (χ1) is 22.3. The number of amides is 3. The largest absolute Gasteiger partial charge is 0.486 e. The molecule has 0 spiro atoms. The summed E-state index contributed by atoms with van der Waals surface area (Å²) in [7, 11) is 0. The van der Waals surface area contributed by atoms with Crippen LogP contribution in [0.1, 0.15) is 29.3 Å². The molecule has 1 atom stereocenters. The van der Waals surface area contributed by atoms with Gasteiger partial charge < -0.3 is 25.4 Å². The Balaban J connectivity index is 1.30. The maximum Gasteiger partial charge on any atom is 0.272 e. The maximum atomic E-state index is 13.5. The van der Waals surface area contributed by atoms with E-state index < -0.39 is 22.0 Å². The van der Waals surface area contributed by atoms with Crippen LogP contribution in [0.25, 0.3) is 6.08 Å². The number of hydrogen-bond acceptors (Lipinski definition) is 8. The summed E-state index contributed by atoms with van der Waals surface area (Å²) in [5.41, 5.74) is 1.70. The maximum absolute atomic E-state index is 13.5. The van der Waals surface area contributed by atoms with Crippen molar-refractivity contribution in [3.63, 3.8) is 0 Å². The first kappa shape index (κ1) is 31.8. The molecule has 4 aromatic carbocycles. The van der Waals surface area contributed by atoms with E-state index in [-0.39, 0.29) is 17.3 Å². The summed E-state index contributed by atoms with van der Waals surface area (Å²) in [5.74, 6) is -0.0724. The molecule has 1 aliphatic rings. The van der Waals surface area contributed by atoms with Gasteiger partial charge in [-0.25, -0.2) is 0 Å². The van der Waals surface area contributed by atoms with Gasteiger partial charge in [-0.15, -0.1) is 11.8 Å². The fourth-order valence-corrected chi connectivity index (χ4v) is 5.49. The van der Waals surface area contributed by atoms with Gasteiger partial charge in [-0.05, 0) is 72.7 Å². The van der Waals surface area contributed by atoms with Crippen LogP contribution in [0.2, 0.25) is 0 Å². The smallest absolute Gasteiger partial charge is 0.272 e. The van der Waals surface area contributed by atoms with Gasteiger partial charge in [-0.1, -0.05) is 31.2 Å². The number of carbonyl (C=O) groups excluding carboxylic acids is 3. The van der Waals surface area contributed by atoms with Crippen LogP contribution in [0.15, 0.2) is 108 Å². The van der Waals surface area contributed by atoms with Crippen LogP contribution in [0.3, 0.4) is 0 Å². The standard InChI is InChI=1S/C34H30N4O7S/c1-2-31(34(41)36-25-13-16-29-30(21-25)45-18-17-44-29)46-27-10-6-9-24(20-27)35-33(40)28(37-32(39)23-7-4-3-5-8-23)19-22-11-14-26(15-12-22)38(42)43/h3-16,19-21,31H,2,17-18H2,1H3,(H,35,40)(H,36,41)(H,37,39)/b28-19+. The zero-order valence-electron chi connectivity index (χ0n) is 24.7. The predicted molar refractivity (Wildman–Crippen MR) is 176 cm³/mol. The molecule has 3 N–H and O–H groups in total. The quantitative estimate of drug-likeness (QED) is 0.0752. The van der Waals surface area contributed by atoms with Gasteiger partial charge in [0.05, 0.1) is 10.2 Å². The third-order valence-electron chi connectivity index (χ3n) is 6.79. The lowest BCUT2D eigenvalue weighted by Crippen LogP contribution is -2.30. The number of hydrogen-bond donors (Lipinski definition) is 3. The average molecular weight is 639 g/mol. The molecule has 0 saturated carbocycles. The second-order valence-electron chi connectivity index (χ2n) is 10.1. The molecule has 46 heavy (non-hydrogen) atoms. The highest BCUT2D eigenvalue weighted by Gasteiger charge is 2.21. The van der Waals surface area contributed by atoms with Crippen molar-refractivity contribution in [2.45, 2.75) is 23.5 Å². The number of fused-ring (bicyclic) bond motifs is 1. The molecule has 5 rings (SSSR count). The summed E-state index contributed by atoms with van der Waals surface area (Å²) in [5, 5.41) is 19.0. The Kier molecular flexibility index (Phi) is 10.3. The van der Waals surface area contributed by atoms with Gasteiger partial charge in [0, 0.05) is 40.0 Å². The van der Waals surface area contributed by atoms with Crippen LogP contribution in [-0.2, 0) is 9.59 Å². The number of nitro benzene ring substituents is 1. The van der Waals surface area contributed by atoms with E-state index in [1.807, 2.05) is 13.0 Å². The third-order valence-corrected chi connectivity index (χ3v) is 8.14. The second-order valence-corrected chi connectivity index (χ2v) is 11.3. The number of thioether (sulfide) groups is 1. The highest BCUT2D eigenvalue weighted by Crippen LogP contribution is 2.34. The average Bonchev–Trinajstić information content (AvgIpc) is 3.07. The molecule has 0 bridgehead atoms. The topological polar surface area (TPSA) is 149 Å². The zero-order chi connectivity index (χ0) is 32.5. The molecule has 3 amide bonds. The minimum absolute atomic E-state index is 0.0639. The first-order valence-corrected chi connectivity index (χ1v) is 15.3. The fourth-order valence-electron chi connectivity index (χ4n) is 4.48. The van der Waals surface area contributed by atoms with E-state index in [2.05, 4.69) is 16.0 Å². The highest BCUT2D eigenvalue weighted by atomic mass is 32.2. The van der Waals surface area contributed by atoms with Crippen molar-refractivity contribution < 1.29 is 28.8 Å². The summed E-state index contributed by atoms with van der Waals surface area (Å²) < 4.78 is 11.2. The molecule has 1 aliphatic heterocycles. The number of nitro groups is 1. The molecule has 0 aliphatic carbocycles. The van der Waals surface area contributed by atoms with Crippen molar-refractivity contribution >= 4 is 52.6 Å². The van der Waals surface area contributed by atoms with Crippen LogP contribution >= 0.6 is 11.8 Å². The number of rotatable bonds is 11. The number of benzene rings is 4. The van der Waals surface area contributed by atoms with Gasteiger partial charge >= 0.3 is 0 Å².